The molecule has 0 radical (unpaired) electrons. The average Bonchev–Trinajstić information content (AvgIpc) is 2.63. The van der Waals surface area contributed by atoms with Crippen LogP contribution in [0.5, 0.6) is 5.75 Å². The summed E-state index contributed by atoms with van der Waals surface area (Å²) in [5, 5.41) is 2.99. The number of benzene rings is 1. The van der Waals surface area contributed by atoms with Crippen molar-refractivity contribution in [2.75, 3.05) is 26.4 Å². The lowest BCUT2D eigenvalue weighted by atomic mass is 9.54. The maximum absolute atomic E-state index is 12.8. The summed E-state index contributed by atoms with van der Waals surface area (Å²) in [6.07, 6.45) is 0.542. The van der Waals surface area contributed by atoms with E-state index in [1.165, 1.54) is 0 Å². The van der Waals surface area contributed by atoms with Crippen LogP contribution in [0.1, 0.15) is 45.2 Å². The standard InChI is InChI=1S/C21H34N2O4.ClH/c1-6-25-10-11-27-17-12-15(3)8-9-16(17)14-23-19(24)21(22)13-18(26-7-2)20(21,4)5;/h8-9,12,18H,6-7,10-11,13-14,22H2,1-5H3,(H,23,24);1H. The Morgan fingerprint density at radius 1 is 1.25 bits per heavy atom. The van der Waals surface area contributed by atoms with Crippen LogP contribution in [-0.4, -0.2) is 44.0 Å². The van der Waals surface area contributed by atoms with Crippen LogP contribution in [0.25, 0.3) is 0 Å². The van der Waals surface area contributed by atoms with E-state index in [-0.39, 0.29) is 24.4 Å². The maximum atomic E-state index is 12.8. The van der Waals surface area contributed by atoms with E-state index in [0.717, 1.165) is 16.9 Å². The summed E-state index contributed by atoms with van der Waals surface area (Å²) >= 11 is 0. The molecule has 2 unspecified atom stereocenters. The molecule has 0 bridgehead atoms. The van der Waals surface area contributed by atoms with Crippen molar-refractivity contribution in [1.29, 1.82) is 0 Å². The van der Waals surface area contributed by atoms with Crippen molar-refractivity contribution >= 4 is 18.3 Å². The van der Waals surface area contributed by atoms with Crippen molar-refractivity contribution < 1.29 is 19.0 Å². The largest absolute Gasteiger partial charge is 0.491 e. The minimum Gasteiger partial charge on any atom is -0.491 e. The lowest BCUT2D eigenvalue weighted by molar-refractivity contribution is -0.170. The van der Waals surface area contributed by atoms with Gasteiger partial charge in [-0.15, -0.1) is 12.4 Å². The number of amides is 1. The molecule has 28 heavy (non-hydrogen) atoms. The van der Waals surface area contributed by atoms with E-state index in [1.807, 2.05) is 52.8 Å². The Bertz CT molecular complexity index is 653. The molecule has 0 heterocycles. The Kier molecular flexibility index (Phi) is 9.21. The lowest BCUT2D eigenvalue weighted by Crippen LogP contribution is -2.75. The summed E-state index contributed by atoms with van der Waals surface area (Å²) in [6.45, 7) is 12.6. The molecule has 0 saturated heterocycles. The maximum Gasteiger partial charge on any atom is 0.241 e. The molecule has 0 spiro atoms. The minimum atomic E-state index is -0.923. The Labute approximate surface area is 174 Å². The molecular formula is C21H35ClN2O4. The van der Waals surface area contributed by atoms with Crippen molar-refractivity contribution in [3.63, 3.8) is 0 Å². The molecule has 0 aromatic heterocycles. The molecule has 1 aromatic carbocycles. The van der Waals surface area contributed by atoms with Gasteiger partial charge in [0.25, 0.3) is 0 Å². The SMILES string of the molecule is CCOCCOc1cc(C)ccc1CNC(=O)C1(N)CC(OCC)C1(C)C.Cl. The number of ether oxygens (including phenoxy) is 3. The number of hydrogen-bond donors (Lipinski definition) is 2. The van der Waals surface area contributed by atoms with Gasteiger partial charge in [0.15, 0.2) is 0 Å². The Balaban J connectivity index is 0.00000392. The van der Waals surface area contributed by atoms with Gasteiger partial charge in [0.1, 0.15) is 17.9 Å². The monoisotopic (exact) mass is 414 g/mol. The second-order valence-electron chi connectivity index (χ2n) is 7.68. The van der Waals surface area contributed by atoms with E-state index in [1.54, 1.807) is 0 Å². The van der Waals surface area contributed by atoms with E-state index in [4.69, 9.17) is 19.9 Å². The number of hydrogen-bond acceptors (Lipinski definition) is 5. The van der Waals surface area contributed by atoms with Crippen molar-refractivity contribution in [1.82, 2.24) is 5.32 Å². The number of nitrogens with two attached hydrogens (primary N) is 1. The fraction of sp³-hybridized carbons (Fsp3) is 0.667. The fourth-order valence-electron chi connectivity index (χ4n) is 3.45. The van der Waals surface area contributed by atoms with Gasteiger partial charge < -0.3 is 25.3 Å². The zero-order chi connectivity index (χ0) is 20.1. The van der Waals surface area contributed by atoms with Crippen LogP contribution in [0, 0.1) is 12.3 Å². The molecule has 160 valence electrons. The van der Waals surface area contributed by atoms with E-state index in [0.29, 0.717) is 39.4 Å². The van der Waals surface area contributed by atoms with Crippen molar-refractivity contribution in [3.05, 3.63) is 29.3 Å². The third-order valence-corrected chi connectivity index (χ3v) is 5.59. The molecular weight excluding hydrogens is 380 g/mol. The second-order valence-corrected chi connectivity index (χ2v) is 7.68. The highest BCUT2D eigenvalue weighted by atomic mass is 35.5. The molecule has 1 aliphatic rings. The first kappa shape index (κ1) is 24.7. The van der Waals surface area contributed by atoms with Crippen LogP contribution >= 0.6 is 12.4 Å². The van der Waals surface area contributed by atoms with Gasteiger partial charge in [-0.05, 0) is 32.4 Å². The molecule has 0 aliphatic heterocycles. The third-order valence-electron chi connectivity index (χ3n) is 5.59. The van der Waals surface area contributed by atoms with Crippen molar-refractivity contribution in [2.24, 2.45) is 11.1 Å². The number of aryl methyl sites for hydroxylation is 1. The van der Waals surface area contributed by atoms with E-state index >= 15 is 0 Å². The normalized spacial score (nSPS) is 22.7. The molecule has 7 heteroatoms. The van der Waals surface area contributed by atoms with Gasteiger partial charge in [-0.3, -0.25) is 4.79 Å². The minimum absolute atomic E-state index is 0. The van der Waals surface area contributed by atoms with Gasteiger partial charge >= 0.3 is 0 Å². The van der Waals surface area contributed by atoms with Crippen LogP contribution in [0.15, 0.2) is 18.2 Å². The topological polar surface area (TPSA) is 82.8 Å². The van der Waals surface area contributed by atoms with Gasteiger partial charge in [0.05, 0.1) is 12.7 Å². The molecule has 2 atom stereocenters. The van der Waals surface area contributed by atoms with E-state index < -0.39 is 11.0 Å². The lowest BCUT2D eigenvalue weighted by Gasteiger charge is -2.57. The first-order valence-electron chi connectivity index (χ1n) is 9.75. The van der Waals surface area contributed by atoms with Crippen molar-refractivity contribution in [3.8, 4) is 5.75 Å². The predicted molar refractivity (Wildman–Crippen MR) is 113 cm³/mol. The van der Waals surface area contributed by atoms with Gasteiger partial charge in [-0.2, -0.15) is 0 Å². The summed E-state index contributed by atoms with van der Waals surface area (Å²) in [4.78, 5) is 12.8. The van der Waals surface area contributed by atoms with Gasteiger partial charge in [0.2, 0.25) is 5.91 Å². The van der Waals surface area contributed by atoms with Crippen LogP contribution in [-0.2, 0) is 20.8 Å². The zero-order valence-corrected chi connectivity index (χ0v) is 18.5. The highest BCUT2D eigenvalue weighted by molar-refractivity contribution is 5.88. The Hall–Kier alpha value is -1.34. The third kappa shape index (κ3) is 5.17. The molecule has 1 aliphatic carbocycles. The number of nitrogens with one attached hydrogen (secondary N) is 1. The first-order valence-corrected chi connectivity index (χ1v) is 9.75. The number of halogens is 1. The fourth-order valence-corrected chi connectivity index (χ4v) is 3.45. The molecule has 1 aromatic rings. The Morgan fingerprint density at radius 2 is 1.96 bits per heavy atom. The van der Waals surface area contributed by atoms with Crippen LogP contribution in [0.4, 0.5) is 0 Å². The van der Waals surface area contributed by atoms with Gasteiger partial charge in [0, 0.05) is 37.2 Å². The second kappa shape index (κ2) is 10.4. The molecule has 6 nitrogen and oxygen atoms in total. The molecule has 2 rings (SSSR count). The smallest absolute Gasteiger partial charge is 0.241 e. The zero-order valence-electron chi connectivity index (χ0n) is 17.7. The van der Waals surface area contributed by atoms with E-state index in [9.17, 15) is 4.79 Å². The Morgan fingerprint density at radius 3 is 2.57 bits per heavy atom. The molecule has 3 N–H and O–H groups in total. The summed E-state index contributed by atoms with van der Waals surface area (Å²) in [6, 6.07) is 5.96. The van der Waals surface area contributed by atoms with E-state index in [2.05, 4.69) is 5.32 Å². The van der Waals surface area contributed by atoms with Gasteiger partial charge in [-0.25, -0.2) is 0 Å². The summed E-state index contributed by atoms with van der Waals surface area (Å²) < 4.78 is 16.9. The summed E-state index contributed by atoms with van der Waals surface area (Å²) in [7, 11) is 0. The van der Waals surface area contributed by atoms with Crippen LogP contribution in [0.2, 0.25) is 0 Å². The van der Waals surface area contributed by atoms with Crippen molar-refractivity contribution in [2.45, 2.75) is 59.2 Å². The van der Waals surface area contributed by atoms with Gasteiger partial charge in [-0.1, -0.05) is 26.0 Å². The highest BCUT2D eigenvalue weighted by Crippen LogP contribution is 2.49. The highest BCUT2D eigenvalue weighted by Gasteiger charge is 2.62. The first-order chi connectivity index (χ1) is 12.8. The summed E-state index contributed by atoms with van der Waals surface area (Å²) in [5.41, 5.74) is 7.14. The summed E-state index contributed by atoms with van der Waals surface area (Å²) in [5.74, 6) is 0.616. The number of rotatable bonds is 10. The molecule has 1 fully saturated rings. The average molecular weight is 415 g/mol. The number of carbonyl (C=O) groups is 1. The predicted octanol–water partition coefficient (Wildman–Crippen LogP) is 2.98. The van der Waals surface area contributed by atoms with Crippen LogP contribution in [0.3, 0.4) is 0 Å². The molecule has 1 amide bonds. The quantitative estimate of drug-likeness (QED) is 0.575. The van der Waals surface area contributed by atoms with Crippen LogP contribution < -0.4 is 15.8 Å². The molecule has 1 saturated carbocycles. The number of carbonyl (C=O) groups excluding carboxylic acids is 1.